The number of hydrogen-bond acceptors (Lipinski definition) is 6. The number of benzene rings is 1. The normalized spacial score (nSPS) is 25.3. The number of aromatic nitrogens is 1. The molecule has 2 aliphatic carbocycles. The van der Waals surface area contributed by atoms with Gasteiger partial charge in [0.2, 0.25) is 5.91 Å². The standard InChI is InChI=1S/C35H46N4O4/c1-21(2)13-31(34(42)43-27-7-5-6-8-27)36-18-24-9-10-28-29-17-35(29,16-25-11-12-39(20-25)23(4)40)32(38-30(28)15-24)26-14-22(3)33(41)37-19-26/h9-10,14-15,19,21,25,27,29,31,36H,5-8,11-13,16-18,20H2,1-4H3,(H,37,41)/t25?,29?,31-,35?/m0/s1. The Morgan fingerprint density at radius 1 is 1.19 bits per heavy atom. The van der Waals surface area contributed by atoms with Crippen molar-refractivity contribution in [2.45, 2.75) is 104 Å². The van der Waals surface area contributed by atoms with Crippen molar-refractivity contribution in [2.24, 2.45) is 22.2 Å². The van der Waals surface area contributed by atoms with Crippen LogP contribution in [0, 0.1) is 24.2 Å². The monoisotopic (exact) mass is 586 g/mol. The first-order valence-corrected chi connectivity index (χ1v) is 16.2. The number of rotatable bonds is 10. The summed E-state index contributed by atoms with van der Waals surface area (Å²) in [6.45, 7) is 9.96. The number of H-pyrrole nitrogens is 1. The van der Waals surface area contributed by atoms with Gasteiger partial charge in [-0.25, -0.2) is 0 Å². The van der Waals surface area contributed by atoms with Crippen LogP contribution in [0.4, 0.5) is 5.69 Å². The average molecular weight is 587 g/mol. The van der Waals surface area contributed by atoms with E-state index in [-0.39, 0.29) is 35.0 Å². The van der Waals surface area contributed by atoms with Crippen molar-refractivity contribution in [2.75, 3.05) is 13.1 Å². The number of fused-ring (bicyclic) bond motifs is 3. The SMILES string of the molecule is CC(=O)N1CCC(CC23CC2c2ccc(CN[C@@H](CC(C)C)C(=O)OC4CCCC4)cc2N=C3c2c[nH]c(=O)c(C)c2)C1. The number of carbonyl (C=O) groups excluding carboxylic acids is 2. The topological polar surface area (TPSA) is 104 Å². The third kappa shape index (κ3) is 6.21. The van der Waals surface area contributed by atoms with Gasteiger partial charge in [-0.1, -0.05) is 26.0 Å². The van der Waals surface area contributed by atoms with Crippen molar-refractivity contribution >= 4 is 23.3 Å². The molecule has 3 heterocycles. The molecule has 8 nitrogen and oxygen atoms in total. The smallest absolute Gasteiger partial charge is 0.323 e. The lowest BCUT2D eigenvalue weighted by Gasteiger charge is -2.28. The molecule has 0 spiro atoms. The molecular weight excluding hydrogens is 540 g/mol. The van der Waals surface area contributed by atoms with E-state index in [1.54, 1.807) is 6.92 Å². The van der Waals surface area contributed by atoms with Gasteiger partial charge in [-0.2, -0.15) is 0 Å². The molecule has 1 amide bonds. The third-order valence-electron chi connectivity index (χ3n) is 10.1. The van der Waals surface area contributed by atoms with E-state index in [9.17, 15) is 14.4 Å². The average Bonchev–Trinajstić information content (AvgIpc) is 3.25. The molecule has 2 aromatic rings. The molecule has 1 aromatic heterocycles. The maximum atomic E-state index is 13.1. The number of carbonyl (C=O) groups is 2. The fourth-order valence-electron chi connectivity index (χ4n) is 7.73. The fraction of sp³-hybridized carbons (Fsp3) is 0.600. The van der Waals surface area contributed by atoms with E-state index in [2.05, 4.69) is 42.3 Å². The zero-order valence-electron chi connectivity index (χ0n) is 26.1. The number of hydrogen-bond donors (Lipinski definition) is 2. The number of aromatic amines is 1. The van der Waals surface area contributed by atoms with Gasteiger partial charge in [-0.15, -0.1) is 0 Å². The Hall–Kier alpha value is -3.26. The summed E-state index contributed by atoms with van der Waals surface area (Å²) in [6, 6.07) is 8.18. The second-order valence-corrected chi connectivity index (χ2v) is 13.9. The van der Waals surface area contributed by atoms with E-state index >= 15 is 0 Å². The number of aliphatic imine (C=N–C) groups is 1. The minimum atomic E-state index is -0.336. The number of amides is 1. The van der Waals surface area contributed by atoms with Gasteiger partial charge in [0.25, 0.3) is 5.56 Å². The molecular formula is C35H46N4O4. The van der Waals surface area contributed by atoms with Crippen LogP contribution in [0.1, 0.15) is 100 Å². The van der Waals surface area contributed by atoms with E-state index in [1.807, 2.05) is 24.1 Å². The number of aryl methyl sites for hydroxylation is 1. The largest absolute Gasteiger partial charge is 0.461 e. The first-order chi connectivity index (χ1) is 20.6. The van der Waals surface area contributed by atoms with Crippen LogP contribution in [0.3, 0.4) is 0 Å². The summed E-state index contributed by atoms with van der Waals surface area (Å²) in [7, 11) is 0. The summed E-state index contributed by atoms with van der Waals surface area (Å²) >= 11 is 0. The summed E-state index contributed by atoms with van der Waals surface area (Å²) < 4.78 is 5.87. The molecule has 4 aliphatic rings. The predicted octanol–water partition coefficient (Wildman–Crippen LogP) is 5.54. The lowest BCUT2D eigenvalue weighted by Crippen LogP contribution is -2.40. The van der Waals surface area contributed by atoms with Gasteiger partial charge >= 0.3 is 5.97 Å². The molecule has 2 N–H and O–H groups in total. The van der Waals surface area contributed by atoms with Crippen LogP contribution < -0.4 is 10.9 Å². The van der Waals surface area contributed by atoms with Crippen LogP contribution in [0.5, 0.6) is 0 Å². The molecule has 1 saturated heterocycles. The van der Waals surface area contributed by atoms with Crippen LogP contribution >= 0.6 is 0 Å². The van der Waals surface area contributed by atoms with Crippen LogP contribution in [0.15, 0.2) is 40.2 Å². The first kappa shape index (κ1) is 29.8. The summed E-state index contributed by atoms with van der Waals surface area (Å²) in [5.74, 6) is 1.19. The predicted molar refractivity (Wildman–Crippen MR) is 168 cm³/mol. The summed E-state index contributed by atoms with van der Waals surface area (Å²) in [5, 5.41) is 3.50. The van der Waals surface area contributed by atoms with Crippen molar-refractivity contribution in [1.82, 2.24) is 15.2 Å². The number of nitrogens with one attached hydrogen (secondary N) is 2. The highest BCUT2D eigenvalue weighted by Crippen LogP contribution is 2.68. The lowest BCUT2D eigenvalue weighted by molar-refractivity contribution is -0.151. The Morgan fingerprint density at radius 2 is 1.98 bits per heavy atom. The molecule has 3 fully saturated rings. The molecule has 3 unspecified atom stereocenters. The van der Waals surface area contributed by atoms with Crippen LogP contribution in [-0.4, -0.2) is 52.7 Å². The summed E-state index contributed by atoms with van der Waals surface area (Å²) in [6.07, 6.45) is 9.84. The molecule has 2 saturated carbocycles. The van der Waals surface area contributed by atoms with Crippen LogP contribution in [0.2, 0.25) is 0 Å². The number of likely N-dealkylation sites (tertiary alicyclic amines) is 1. The van der Waals surface area contributed by atoms with Crippen molar-refractivity contribution < 1.29 is 14.3 Å². The summed E-state index contributed by atoms with van der Waals surface area (Å²) in [5.41, 5.74) is 5.88. The lowest BCUT2D eigenvalue weighted by atomic mass is 9.79. The first-order valence-electron chi connectivity index (χ1n) is 16.2. The zero-order valence-corrected chi connectivity index (χ0v) is 26.1. The second kappa shape index (κ2) is 12.0. The van der Waals surface area contributed by atoms with Gasteiger partial charge in [0, 0.05) is 49.3 Å². The minimum Gasteiger partial charge on any atom is -0.461 e. The van der Waals surface area contributed by atoms with Gasteiger partial charge < -0.3 is 19.9 Å². The molecule has 8 heteroatoms. The van der Waals surface area contributed by atoms with Crippen LogP contribution in [-0.2, 0) is 20.9 Å². The maximum absolute atomic E-state index is 13.1. The van der Waals surface area contributed by atoms with Gasteiger partial charge in [-0.05, 0) is 99.3 Å². The number of ether oxygens (including phenoxy) is 1. The van der Waals surface area contributed by atoms with Crippen molar-refractivity contribution in [1.29, 1.82) is 0 Å². The molecule has 0 bridgehead atoms. The highest BCUT2D eigenvalue weighted by atomic mass is 16.5. The van der Waals surface area contributed by atoms with E-state index in [4.69, 9.17) is 9.73 Å². The summed E-state index contributed by atoms with van der Waals surface area (Å²) in [4.78, 5) is 47.5. The molecule has 0 radical (unpaired) electrons. The zero-order chi connectivity index (χ0) is 30.3. The van der Waals surface area contributed by atoms with Gasteiger partial charge in [0.15, 0.2) is 0 Å². The molecule has 1 aromatic carbocycles. The molecule has 4 atom stereocenters. The molecule has 6 rings (SSSR count). The third-order valence-corrected chi connectivity index (χ3v) is 10.1. The maximum Gasteiger partial charge on any atom is 0.323 e. The number of pyridine rings is 1. The van der Waals surface area contributed by atoms with E-state index in [0.29, 0.717) is 29.9 Å². The highest BCUT2D eigenvalue weighted by molar-refractivity contribution is 6.10. The molecule has 2 aliphatic heterocycles. The Morgan fingerprint density at radius 3 is 2.67 bits per heavy atom. The van der Waals surface area contributed by atoms with E-state index < -0.39 is 0 Å². The highest BCUT2D eigenvalue weighted by Gasteiger charge is 2.61. The number of nitrogens with zero attached hydrogens (tertiary/aromatic N) is 2. The minimum absolute atomic E-state index is 0.0607. The van der Waals surface area contributed by atoms with E-state index in [1.165, 1.54) is 5.56 Å². The van der Waals surface area contributed by atoms with E-state index in [0.717, 1.165) is 87.0 Å². The fourth-order valence-corrected chi connectivity index (χ4v) is 7.73. The Labute approximate surface area is 254 Å². The van der Waals surface area contributed by atoms with Crippen molar-refractivity contribution in [3.8, 4) is 0 Å². The Kier molecular flexibility index (Phi) is 8.33. The Balaban J connectivity index is 1.24. The van der Waals surface area contributed by atoms with Gasteiger partial charge in [0.1, 0.15) is 12.1 Å². The van der Waals surface area contributed by atoms with Gasteiger partial charge in [-0.3, -0.25) is 19.4 Å². The number of esters is 1. The Bertz CT molecular complexity index is 1470. The quantitative estimate of drug-likeness (QED) is 0.356. The molecule has 230 valence electrons. The second-order valence-electron chi connectivity index (χ2n) is 13.9. The van der Waals surface area contributed by atoms with Crippen molar-refractivity contribution in [3.63, 3.8) is 0 Å². The van der Waals surface area contributed by atoms with Crippen LogP contribution in [0.25, 0.3) is 0 Å². The molecule has 43 heavy (non-hydrogen) atoms. The van der Waals surface area contributed by atoms with Crippen molar-refractivity contribution in [3.05, 3.63) is 63.1 Å². The van der Waals surface area contributed by atoms with Gasteiger partial charge in [0.05, 0.1) is 11.4 Å².